The maximum absolute atomic E-state index is 9.12. The van der Waals surface area contributed by atoms with Crippen molar-refractivity contribution in [3.05, 3.63) is 53.9 Å². The molecule has 3 nitrogen and oxygen atoms in total. The molecule has 1 heterocycles. The quantitative estimate of drug-likeness (QED) is 0.802. The Hall–Kier alpha value is -2.08. The summed E-state index contributed by atoms with van der Waals surface area (Å²) in [6.45, 7) is 0.766. The van der Waals surface area contributed by atoms with Crippen LogP contribution in [0.15, 0.2) is 42.7 Å². The van der Waals surface area contributed by atoms with Gasteiger partial charge in [0, 0.05) is 11.8 Å². The summed E-state index contributed by atoms with van der Waals surface area (Å²) in [7, 11) is 0. The average Bonchev–Trinajstić information content (AvgIpc) is 3.05. The van der Waals surface area contributed by atoms with E-state index >= 15 is 0 Å². The van der Waals surface area contributed by atoms with Gasteiger partial charge in [0.05, 0.1) is 24.2 Å². The van der Waals surface area contributed by atoms with E-state index < -0.39 is 0 Å². The van der Waals surface area contributed by atoms with E-state index in [0.717, 1.165) is 24.9 Å². The lowest BCUT2D eigenvalue weighted by atomic mass is 10.0. The summed E-state index contributed by atoms with van der Waals surface area (Å²) >= 11 is 0. The molecule has 1 fully saturated rings. The van der Waals surface area contributed by atoms with Gasteiger partial charge >= 0.3 is 0 Å². The molecule has 0 atom stereocenters. The molecule has 1 aliphatic rings. The number of nitriles is 1. The van der Waals surface area contributed by atoms with Gasteiger partial charge in [0.25, 0.3) is 0 Å². The molecule has 0 bridgehead atoms. The van der Waals surface area contributed by atoms with Crippen molar-refractivity contribution in [3.63, 3.8) is 0 Å². The van der Waals surface area contributed by atoms with Gasteiger partial charge in [0.2, 0.25) is 0 Å². The molecular formula is C14H13N3. The van der Waals surface area contributed by atoms with Crippen LogP contribution in [0.3, 0.4) is 0 Å². The normalized spacial score (nSPS) is 16.4. The second-order valence-electron chi connectivity index (χ2n) is 4.61. The molecule has 1 aliphatic carbocycles. The molecule has 3 rings (SSSR count). The van der Waals surface area contributed by atoms with Crippen molar-refractivity contribution in [3.8, 4) is 6.07 Å². The highest BCUT2D eigenvalue weighted by Crippen LogP contribution is 2.47. The Morgan fingerprint density at radius 1 is 1.29 bits per heavy atom. The first-order valence-corrected chi connectivity index (χ1v) is 5.80. The van der Waals surface area contributed by atoms with Gasteiger partial charge in [-0.25, -0.2) is 0 Å². The number of rotatable bonds is 3. The van der Waals surface area contributed by atoms with Crippen LogP contribution in [-0.4, -0.2) is 9.78 Å². The van der Waals surface area contributed by atoms with Crippen molar-refractivity contribution < 1.29 is 0 Å². The lowest BCUT2D eigenvalue weighted by Crippen LogP contribution is -2.02. The number of nitrogens with zero attached hydrogens (tertiary/aromatic N) is 3. The second kappa shape index (κ2) is 3.74. The zero-order chi connectivity index (χ0) is 11.7. The van der Waals surface area contributed by atoms with E-state index in [1.807, 2.05) is 35.3 Å². The molecule has 2 aromatic rings. The third-order valence-electron chi connectivity index (χ3n) is 3.34. The minimum absolute atomic E-state index is 0.227. The smallest absolute Gasteiger partial charge is 0.0854 e. The molecule has 1 saturated carbocycles. The maximum Gasteiger partial charge on any atom is 0.0854 e. The van der Waals surface area contributed by atoms with Gasteiger partial charge in [-0.2, -0.15) is 10.4 Å². The van der Waals surface area contributed by atoms with Gasteiger partial charge in [-0.15, -0.1) is 0 Å². The molecule has 3 heteroatoms. The SMILES string of the molecule is N#CC1(c2cnn(Cc3ccccc3)c2)CC1. The number of benzene rings is 1. The lowest BCUT2D eigenvalue weighted by molar-refractivity contribution is 0.685. The highest BCUT2D eigenvalue weighted by molar-refractivity contribution is 5.35. The fourth-order valence-electron chi connectivity index (χ4n) is 2.06. The minimum atomic E-state index is -0.227. The van der Waals surface area contributed by atoms with E-state index in [0.29, 0.717) is 0 Å². The van der Waals surface area contributed by atoms with E-state index in [-0.39, 0.29) is 5.41 Å². The molecule has 17 heavy (non-hydrogen) atoms. The lowest BCUT2D eigenvalue weighted by Gasteiger charge is -2.02. The third-order valence-corrected chi connectivity index (χ3v) is 3.34. The van der Waals surface area contributed by atoms with Crippen LogP contribution in [0.1, 0.15) is 24.0 Å². The van der Waals surface area contributed by atoms with Crippen molar-refractivity contribution in [1.29, 1.82) is 5.26 Å². The molecule has 1 aromatic heterocycles. The topological polar surface area (TPSA) is 41.6 Å². The fraction of sp³-hybridized carbons (Fsp3) is 0.286. The summed E-state index contributed by atoms with van der Waals surface area (Å²) in [5.41, 5.74) is 2.06. The standard InChI is InChI=1S/C14H13N3/c15-11-14(6-7-14)13-8-16-17(10-13)9-12-4-2-1-3-5-12/h1-5,8,10H,6-7,9H2. The molecule has 0 radical (unpaired) electrons. The maximum atomic E-state index is 9.12. The summed E-state index contributed by atoms with van der Waals surface area (Å²) in [6, 6.07) is 12.6. The number of hydrogen-bond donors (Lipinski definition) is 0. The predicted molar refractivity (Wildman–Crippen MR) is 64.3 cm³/mol. The van der Waals surface area contributed by atoms with Crippen LogP contribution >= 0.6 is 0 Å². The number of aromatic nitrogens is 2. The van der Waals surface area contributed by atoms with E-state index in [1.165, 1.54) is 5.56 Å². The highest BCUT2D eigenvalue weighted by atomic mass is 15.3. The molecule has 84 valence electrons. The fourth-order valence-corrected chi connectivity index (χ4v) is 2.06. The molecule has 0 N–H and O–H groups in total. The van der Waals surface area contributed by atoms with Crippen LogP contribution in [0.2, 0.25) is 0 Å². The molecule has 0 saturated heterocycles. The third kappa shape index (κ3) is 1.83. The first kappa shape index (κ1) is 10.1. The van der Waals surface area contributed by atoms with Gasteiger partial charge in [-0.05, 0) is 18.4 Å². The number of hydrogen-bond acceptors (Lipinski definition) is 2. The Labute approximate surface area is 100 Å². The summed E-state index contributed by atoms with van der Waals surface area (Å²) in [5, 5.41) is 13.5. The molecule has 1 aromatic carbocycles. The first-order chi connectivity index (χ1) is 8.32. The Kier molecular flexibility index (Phi) is 2.22. The van der Waals surface area contributed by atoms with Gasteiger partial charge in [-0.1, -0.05) is 30.3 Å². The Balaban J connectivity index is 1.80. The minimum Gasteiger partial charge on any atom is -0.268 e. The van der Waals surface area contributed by atoms with Crippen LogP contribution < -0.4 is 0 Å². The van der Waals surface area contributed by atoms with E-state index in [9.17, 15) is 0 Å². The van der Waals surface area contributed by atoms with Crippen molar-refractivity contribution in [1.82, 2.24) is 9.78 Å². The van der Waals surface area contributed by atoms with Crippen LogP contribution in [-0.2, 0) is 12.0 Å². The van der Waals surface area contributed by atoms with Crippen LogP contribution in [0.4, 0.5) is 0 Å². The zero-order valence-corrected chi connectivity index (χ0v) is 9.50. The zero-order valence-electron chi connectivity index (χ0n) is 9.50. The summed E-state index contributed by atoms with van der Waals surface area (Å²) in [5.74, 6) is 0. The molecule has 0 unspecified atom stereocenters. The van der Waals surface area contributed by atoms with Crippen molar-refractivity contribution >= 4 is 0 Å². The van der Waals surface area contributed by atoms with Gasteiger partial charge in [-0.3, -0.25) is 4.68 Å². The van der Waals surface area contributed by atoms with Crippen LogP contribution in [0, 0.1) is 11.3 Å². The summed E-state index contributed by atoms with van der Waals surface area (Å²) < 4.78 is 1.90. The Morgan fingerprint density at radius 3 is 2.71 bits per heavy atom. The summed E-state index contributed by atoms with van der Waals surface area (Å²) in [6.07, 6.45) is 5.78. The van der Waals surface area contributed by atoms with Crippen LogP contribution in [0.25, 0.3) is 0 Å². The van der Waals surface area contributed by atoms with Crippen molar-refractivity contribution in [2.45, 2.75) is 24.8 Å². The summed E-state index contributed by atoms with van der Waals surface area (Å²) in [4.78, 5) is 0. The Bertz CT molecular complexity index is 559. The van der Waals surface area contributed by atoms with Gasteiger partial charge < -0.3 is 0 Å². The molecule has 0 spiro atoms. The average molecular weight is 223 g/mol. The van der Waals surface area contributed by atoms with Crippen LogP contribution in [0.5, 0.6) is 0 Å². The molecular weight excluding hydrogens is 210 g/mol. The highest BCUT2D eigenvalue weighted by Gasteiger charge is 2.45. The largest absolute Gasteiger partial charge is 0.268 e. The van der Waals surface area contributed by atoms with Crippen molar-refractivity contribution in [2.24, 2.45) is 0 Å². The van der Waals surface area contributed by atoms with E-state index in [2.05, 4.69) is 23.3 Å². The monoisotopic (exact) mass is 223 g/mol. The van der Waals surface area contributed by atoms with Gasteiger partial charge in [0.15, 0.2) is 0 Å². The van der Waals surface area contributed by atoms with E-state index in [4.69, 9.17) is 5.26 Å². The second-order valence-corrected chi connectivity index (χ2v) is 4.61. The predicted octanol–water partition coefficient (Wildman–Crippen LogP) is 2.49. The van der Waals surface area contributed by atoms with Crippen molar-refractivity contribution in [2.75, 3.05) is 0 Å². The molecule has 0 aliphatic heterocycles. The van der Waals surface area contributed by atoms with Gasteiger partial charge in [0.1, 0.15) is 0 Å². The first-order valence-electron chi connectivity index (χ1n) is 5.80. The molecule has 0 amide bonds. The van der Waals surface area contributed by atoms with E-state index in [1.54, 1.807) is 0 Å². The Morgan fingerprint density at radius 2 is 2.06 bits per heavy atom.